The van der Waals surface area contributed by atoms with Crippen molar-refractivity contribution in [2.45, 2.75) is 47.2 Å². The minimum Gasteiger partial charge on any atom is -0.333 e. The third-order valence-electron chi connectivity index (χ3n) is 6.11. The maximum absolute atomic E-state index is 13.4. The van der Waals surface area contributed by atoms with Crippen LogP contribution in [0, 0.1) is 11.8 Å². The van der Waals surface area contributed by atoms with Crippen molar-refractivity contribution in [2.75, 3.05) is 0 Å². The Kier molecular flexibility index (Phi) is 6.91. The molecule has 0 spiro atoms. The van der Waals surface area contributed by atoms with Gasteiger partial charge in [0, 0.05) is 33.0 Å². The molecule has 0 aliphatic heterocycles. The van der Waals surface area contributed by atoms with Crippen LogP contribution in [0.15, 0.2) is 58.4 Å². The average molecular weight is 475 g/mol. The largest absolute Gasteiger partial charge is 0.333 e. The predicted octanol–water partition coefficient (Wildman–Crippen LogP) is 4.08. The van der Waals surface area contributed by atoms with E-state index in [0.29, 0.717) is 41.6 Å². The van der Waals surface area contributed by atoms with Gasteiger partial charge in [0.2, 0.25) is 0 Å². The predicted molar refractivity (Wildman–Crippen MR) is 140 cm³/mol. The molecular weight excluding hydrogens is 440 g/mol. The first-order valence-electron chi connectivity index (χ1n) is 12.1. The number of hydrogen-bond acceptors (Lipinski definition) is 4. The molecular formula is C27H34N6O2. The second kappa shape index (κ2) is 9.90. The van der Waals surface area contributed by atoms with Crippen molar-refractivity contribution >= 4 is 16.6 Å². The van der Waals surface area contributed by atoms with Crippen molar-refractivity contribution < 1.29 is 0 Å². The van der Waals surface area contributed by atoms with Crippen LogP contribution >= 0.6 is 0 Å². The first-order valence-corrected chi connectivity index (χ1v) is 12.1. The van der Waals surface area contributed by atoms with Crippen molar-refractivity contribution in [3.63, 3.8) is 0 Å². The monoisotopic (exact) mass is 474 g/mol. The second-order valence-corrected chi connectivity index (χ2v) is 9.94. The highest BCUT2D eigenvalue weighted by molar-refractivity contribution is 5.89. The molecule has 0 atom stereocenters. The van der Waals surface area contributed by atoms with Gasteiger partial charge in [-0.1, -0.05) is 64.1 Å². The first kappa shape index (κ1) is 24.4. The summed E-state index contributed by atoms with van der Waals surface area (Å²) in [5.41, 5.74) is 2.52. The Morgan fingerprint density at radius 3 is 2.34 bits per heavy atom. The van der Waals surface area contributed by atoms with Crippen LogP contribution in [0.25, 0.3) is 28.1 Å². The molecule has 35 heavy (non-hydrogen) atoms. The van der Waals surface area contributed by atoms with Gasteiger partial charge in [-0.15, -0.1) is 0 Å². The van der Waals surface area contributed by atoms with E-state index < -0.39 is 0 Å². The minimum atomic E-state index is -0.360. The van der Waals surface area contributed by atoms with Crippen LogP contribution in [-0.4, -0.2) is 28.5 Å². The summed E-state index contributed by atoms with van der Waals surface area (Å²) in [7, 11) is 3.42. The summed E-state index contributed by atoms with van der Waals surface area (Å²) in [4.78, 5) is 31.1. The maximum atomic E-state index is 13.4. The molecule has 1 aromatic carbocycles. The smallest absolute Gasteiger partial charge is 0.332 e. The molecule has 0 saturated carbocycles. The zero-order chi connectivity index (χ0) is 25.3. The molecule has 0 fully saturated rings. The molecule has 3 aromatic heterocycles. The molecule has 0 aliphatic rings. The van der Waals surface area contributed by atoms with Gasteiger partial charge in [0.05, 0.1) is 6.54 Å². The van der Waals surface area contributed by atoms with E-state index in [-0.39, 0.29) is 17.2 Å². The van der Waals surface area contributed by atoms with E-state index in [2.05, 4.69) is 37.0 Å². The molecule has 0 radical (unpaired) electrons. The van der Waals surface area contributed by atoms with Gasteiger partial charge in [0.15, 0.2) is 11.5 Å². The van der Waals surface area contributed by atoms with Crippen LogP contribution in [-0.2, 0) is 27.2 Å². The summed E-state index contributed by atoms with van der Waals surface area (Å²) in [5.74, 6) is 1.35. The quantitative estimate of drug-likeness (QED) is 0.385. The van der Waals surface area contributed by atoms with Crippen LogP contribution in [0.4, 0.5) is 0 Å². The Morgan fingerprint density at radius 1 is 1.03 bits per heavy atom. The van der Waals surface area contributed by atoms with Gasteiger partial charge in [-0.3, -0.25) is 18.6 Å². The number of aromatic nitrogens is 6. The fourth-order valence-electron chi connectivity index (χ4n) is 4.29. The van der Waals surface area contributed by atoms with Gasteiger partial charge in [-0.25, -0.2) is 9.78 Å². The number of imidazole rings is 1. The van der Waals surface area contributed by atoms with Crippen molar-refractivity contribution in [3.8, 4) is 11.5 Å². The number of hydrogen-bond donors (Lipinski definition) is 0. The van der Waals surface area contributed by atoms with Crippen LogP contribution in [0.1, 0.15) is 39.7 Å². The highest BCUT2D eigenvalue weighted by Gasteiger charge is 2.25. The maximum Gasteiger partial charge on any atom is 0.332 e. The van der Waals surface area contributed by atoms with Crippen LogP contribution in [0.3, 0.4) is 0 Å². The normalized spacial score (nSPS) is 12.4. The Labute approximate surface area is 205 Å². The van der Waals surface area contributed by atoms with E-state index in [1.807, 2.05) is 54.5 Å². The lowest BCUT2D eigenvalue weighted by Gasteiger charge is -2.13. The van der Waals surface area contributed by atoms with Gasteiger partial charge in [-0.2, -0.15) is 5.10 Å². The van der Waals surface area contributed by atoms with Crippen LogP contribution < -0.4 is 11.2 Å². The third-order valence-corrected chi connectivity index (χ3v) is 6.11. The zero-order valence-electron chi connectivity index (χ0n) is 21.4. The molecule has 0 aliphatic carbocycles. The fraction of sp³-hybridized carbons (Fsp3) is 0.407. The average Bonchev–Trinajstić information content (AvgIpc) is 3.41. The van der Waals surface area contributed by atoms with E-state index in [9.17, 15) is 9.59 Å². The van der Waals surface area contributed by atoms with Gasteiger partial charge < -0.3 is 4.57 Å². The van der Waals surface area contributed by atoms with Crippen LogP contribution in [0.5, 0.6) is 0 Å². The number of fused-ring (bicyclic) bond motifs is 1. The first-order chi connectivity index (χ1) is 16.7. The van der Waals surface area contributed by atoms with E-state index in [0.717, 1.165) is 17.6 Å². The molecule has 0 unspecified atom stereocenters. The van der Waals surface area contributed by atoms with Crippen molar-refractivity contribution in [3.05, 3.63) is 75.2 Å². The molecule has 8 heteroatoms. The lowest BCUT2D eigenvalue weighted by molar-refractivity contribution is 0.498. The fourth-order valence-corrected chi connectivity index (χ4v) is 4.29. The molecule has 0 bridgehead atoms. The van der Waals surface area contributed by atoms with Crippen molar-refractivity contribution in [2.24, 2.45) is 25.9 Å². The number of allylic oxidation sites excluding steroid dienone is 2. The van der Waals surface area contributed by atoms with Crippen molar-refractivity contribution in [1.82, 2.24) is 28.5 Å². The summed E-state index contributed by atoms with van der Waals surface area (Å²) in [5, 5.41) is 5.31. The highest BCUT2D eigenvalue weighted by atomic mass is 16.2. The number of nitrogens with zero attached hydrogens (tertiary/aromatic N) is 6. The molecule has 4 aromatic rings. The number of benzene rings is 1. The lowest BCUT2D eigenvalue weighted by Crippen LogP contribution is -2.38. The number of rotatable bonds is 8. The molecule has 0 N–H and O–H groups in total. The minimum absolute atomic E-state index is 0.209. The topological polar surface area (TPSA) is 79.6 Å². The molecule has 0 saturated heterocycles. The van der Waals surface area contributed by atoms with E-state index >= 15 is 0 Å². The van der Waals surface area contributed by atoms with Gasteiger partial charge in [-0.05, 0) is 29.4 Å². The SMILES string of the molecule is CC(C)C/C=C(\Cn1nc2c(c1-c1nccn1C)c(=O)n(C)c(=O)n2CC(C)C)c1ccccc1. The summed E-state index contributed by atoms with van der Waals surface area (Å²) < 4.78 is 6.51. The third kappa shape index (κ3) is 4.78. The molecule has 184 valence electrons. The van der Waals surface area contributed by atoms with E-state index in [4.69, 9.17) is 5.10 Å². The van der Waals surface area contributed by atoms with Crippen molar-refractivity contribution in [1.29, 1.82) is 0 Å². The number of aryl methyl sites for hydroxylation is 1. The van der Waals surface area contributed by atoms with Gasteiger partial charge in [0.25, 0.3) is 5.56 Å². The van der Waals surface area contributed by atoms with Gasteiger partial charge >= 0.3 is 5.69 Å². The summed E-state index contributed by atoms with van der Waals surface area (Å²) in [6.45, 7) is 9.39. The lowest BCUT2D eigenvalue weighted by atomic mass is 10.0. The Balaban J connectivity index is 2.02. The standard InChI is InChI=1S/C27H34N6O2/c1-18(2)12-13-21(20-10-8-7-9-11-20)17-33-23(25-28-14-15-30(25)5)22-24(29-33)32(16-19(3)4)27(35)31(6)26(22)34/h7-11,13-15,18-19H,12,16-17H2,1-6H3/b21-13+. The molecule has 8 nitrogen and oxygen atoms in total. The van der Waals surface area contributed by atoms with Gasteiger partial charge in [0.1, 0.15) is 11.1 Å². The Hall–Kier alpha value is -3.68. The summed E-state index contributed by atoms with van der Waals surface area (Å²) in [6.07, 6.45) is 6.72. The Bertz CT molecular complexity index is 1480. The summed E-state index contributed by atoms with van der Waals surface area (Å²) >= 11 is 0. The zero-order valence-corrected chi connectivity index (χ0v) is 21.4. The molecule has 0 amide bonds. The summed E-state index contributed by atoms with van der Waals surface area (Å²) in [6, 6.07) is 10.2. The van der Waals surface area contributed by atoms with E-state index in [1.165, 1.54) is 11.6 Å². The van der Waals surface area contributed by atoms with E-state index in [1.54, 1.807) is 10.8 Å². The molecule has 3 heterocycles. The second-order valence-electron chi connectivity index (χ2n) is 9.94. The van der Waals surface area contributed by atoms with Crippen LogP contribution in [0.2, 0.25) is 0 Å². The molecule has 4 rings (SSSR count). The Morgan fingerprint density at radius 2 is 1.74 bits per heavy atom. The highest BCUT2D eigenvalue weighted by Crippen LogP contribution is 2.28.